The Hall–Kier alpha value is -1.56. The van der Waals surface area contributed by atoms with Gasteiger partial charge in [0.15, 0.2) is 0 Å². The Kier molecular flexibility index (Phi) is 5.35. The average Bonchev–Trinajstić information content (AvgIpc) is 2.74. The molecule has 0 bridgehead atoms. The van der Waals surface area contributed by atoms with Crippen LogP contribution in [0.3, 0.4) is 0 Å². The second kappa shape index (κ2) is 6.56. The van der Waals surface area contributed by atoms with Gasteiger partial charge < -0.3 is 14.8 Å². The number of amides is 1. The molecule has 1 aromatic heterocycles. The lowest BCUT2D eigenvalue weighted by atomic mass is 10.1. The third-order valence-electron chi connectivity index (χ3n) is 2.21. The average molecular weight is 285 g/mol. The summed E-state index contributed by atoms with van der Waals surface area (Å²) in [7, 11) is 1.35. The smallest absolute Gasteiger partial charge is 0.407 e. The van der Waals surface area contributed by atoms with Crippen LogP contribution in [0.1, 0.15) is 36.7 Å². The van der Waals surface area contributed by atoms with E-state index in [1.807, 2.05) is 5.38 Å². The fraction of sp³-hybridized carbons (Fsp3) is 0.538. The fourth-order valence-corrected chi connectivity index (χ4v) is 2.28. The van der Waals surface area contributed by atoms with Crippen molar-refractivity contribution in [3.05, 3.63) is 21.9 Å². The van der Waals surface area contributed by atoms with Gasteiger partial charge in [0, 0.05) is 11.9 Å². The van der Waals surface area contributed by atoms with Crippen LogP contribution in [0.25, 0.3) is 0 Å². The molecule has 0 atom stereocenters. The van der Waals surface area contributed by atoms with E-state index in [2.05, 4.69) is 10.1 Å². The Bertz CT molecular complexity index is 448. The number of methoxy groups -OCH3 is 1. The summed E-state index contributed by atoms with van der Waals surface area (Å²) in [5.74, 6) is -0.353. The van der Waals surface area contributed by atoms with Crippen molar-refractivity contribution in [1.82, 2.24) is 5.32 Å². The number of carbonyl (C=O) groups is 2. The van der Waals surface area contributed by atoms with Gasteiger partial charge in [0.1, 0.15) is 5.60 Å². The van der Waals surface area contributed by atoms with Gasteiger partial charge in [-0.05, 0) is 38.1 Å². The highest BCUT2D eigenvalue weighted by atomic mass is 32.1. The summed E-state index contributed by atoms with van der Waals surface area (Å²) in [6.45, 7) is 5.83. The molecule has 0 radical (unpaired) electrons. The molecule has 1 N–H and O–H groups in total. The minimum absolute atomic E-state index is 0.353. The molecule has 0 unspecified atom stereocenters. The van der Waals surface area contributed by atoms with Crippen molar-refractivity contribution in [2.75, 3.05) is 13.7 Å². The molecule has 0 fully saturated rings. The minimum atomic E-state index is -0.510. The number of hydrogen-bond acceptors (Lipinski definition) is 5. The summed E-state index contributed by atoms with van der Waals surface area (Å²) in [5, 5.41) is 6.28. The van der Waals surface area contributed by atoms with Crippen molar-refractivity contribution < 1.29 is 19.1 Å². The Balaban J connectivity index is 2.44. The maximum atomic E-state index is 11.5. The molecule has 106 valence electrons. The van der Waals surface area contributed by atoms with Crippen LogP contribution in [0.4, 0.5) is 4.79 Å². The van der Waals surface area contributed by atoms with Crippen molar-refractivity contribution in [3.8, 4) is 0 Å². The number of hydrogen-bond donors (Lipinski definition) is 1. The molecule has 0 aromatic carbocycles. The highest BCUT2D eigenvalue weighted by Crippen LogP contribution is 2.16. The largest absolute Gasteiger partial charge is 0.465 e. The molecular formula is C13H19NO4S. The molecule has 0 saturated carbocycles. The molecule has 0 aliphatic rings. The van der Waals surface area contributed by atoms with Crippen LogP contribution in [-0.2, 0) is 15.9 Å². The van der Waals surface area contributed by atoms with Crippen LogP contribution in [0.15, 0.2) is 10.8 Å². The lowest BCUT2D eigenvalue weighted by molar-refractivity contribution is 0.0528. The third-order valence-corrected chi connectivity index (χ3v) is 3.00. The summed E-state index contributed by atoms with van der Waals surface area (Å²) in [4.78, 5) is 22.9. The second-order valence-electron chi connectivity index (χ2n) is 4.98. The predicted molar refractivity (Wildman–Crippen MR) is 73.6 cm³/mol. The highest BCUT2D eigenvalue weighted by Gasteiger charge is 2.16. The quantitative estimate of drug-likeness (QED) is 0.864. The SMILES string of the molecule is COC(=O)c1cscc1CCNC(=O)OC(C)(C)C. The van der Waals surface area contributed by atoms with Crippen LogP contribution in [0.2, 0.25) is 0 Å². The van der Waals surface area contributed by atoms with Gasteiger partial charge in [0.25, 0.3) is 0 Å². The number of ether oxygens (including phenoxy) is 2. The first kappa shape index (κ1) is 15.5. The molecule has 1 amide bonds. The molecule has 1 aromatic rings. The van der Waals surface area contributed by atoms with Crippen molar-refractivity contribution >= 4 is 23.4 Å². The van der Waals surface area contributed by atoms with E-state index in [4.69, 9.17) is 4.74 Å². The fourth-order valence-electron chi connectivity index (χ4n) is 1.42. The van der Waals surface area contributed by atoms with Crippen LogP contribution >= 0.6 is 11.3 Å². The first-order valence-corrected chi connectivity index (χ1v) is 6.88. The maximum absolute atomic E-state index is 11.5. The first-order valence-electron chi connectivity index (χ1n) is 5.93. The van der Waals surface area contributed by atoms with E-state index in [-0.39, 0.29) is 5.97 Å². The maximum Gasteiger partial charge on any atom is 0.407 e. The van der Waals surface area contributed by atoms with E-state index in [0.29, 0.717) is 18.5 Å². The molecule has 0 spiro atoms. The van der Waals surface area contributed by atoms with Crippen LogP contribution in [0, 0.1) is 0 Å². The van der Waals surface area contributed by atoms with Gasteiger partial charge in [-0.25, -0.2) is 9.59 Å². The molecule has 1 rings (SSSR count). The van der Waals surface area contributed by atoms with E-state index >= 15 is 0 Å². The van der Waals surface area contributed by atoms with E-state index in [9.17, 15) is 9.59 Å². The highest BCUT2D eigenvalue weighted by molar-refractivity contribution is 7.08. The summed E-state index contributed by atoms with van der Waals surface area (Å²) in [5.41, 5.74) is 0.912. The Morgan fingerprint density at radius 3 is 2.58 bits per heavy atom. The Labute approximate surface area is 116 Å². The van der Waals surface area contributed by atoms with E-state index in [0.717, 1.165) is 5.56 Å². The molecule has 19 heavy (non-hydrogen) atoms. The van der Waals surface area contributed by atoms with Gasteiger partial charge >= 0.3 is 12.1 Å². The molecule has 0 saturated heterocycles. The zero-order chi connectivity index (χ0) is 14.5. The van der Waals surface area contributed by atoms with Gasteiger partial charge in [0.05, 0.1) is 12.7 Å². The molecule has 0 aliphatic carbocycles. The monoisotopic (exact) mass is 285 g/mol. The van der Waals surface area contributed by atoms with Crippen LogP contribution < -0.4 is 5.32 Å². The summed E-state index contributed by atoms with van der Waals surface area (Å²) in [6.07, 6.45) is 0.107. The lowest BCUT2D eigenvalue weighted by Crippen LogP contribution is -2.33. The van der Waals surface area contributed by atoms with Crippen molar-refractivity contribution in [2.45, 2.75) is 32.8 Å². The topological polar surface area (TPSA) is 64.6 Å². The molecule has 1 heterocycles. The van der Waals surface area contributed by atoms with E-state index in [1.165, 1.54) is 18.4 Å². The predicted octanol–water partition coefficient (Wildman–Crippen LogP) is 2.60. The summed E-state index contributed by atoms with van der Waals surface area (Å²) < 4.78 is 9.80. The Morgan fingerprint density at radius 1 is 1.32 bits per heavy atom. The number of thiophene rings is 1. The normalized spacial score (nSPS) is 10.9. The number of carbonyl (C=O) groups excluding carboxylic acids is 2. The van der Waals surface area contributed by atoms with Crippen LogP contribution in [0.5, 0.6) is 0 Å². The van der Waals surface area contributed by atoms with Gasteiger partial charge in [-0.3, -0.25) is 0 Å². The van der Waals surface area contributed by atoms with E-state index < -0.39 is 11.7 Å². The van der Waals surface area contributed by atoms with Crippen LogP contribution in [-0.4, -0.2) is 31.3 Å². The van der Waals surface area contributed by atoms with Gasteiger partial charge in [-0.1, -0.05) is 0 Å². The molecule has 6 heteroatoms. The second-order valence-corrected chi connectivity index (χ2v) is 5.72. The van der Waals surface area contributed by atoms with Gasteiger partial charge in [-0.2, -0.15) is 11.3 Å². The van der Waals surface area contributed by atoms with Gasteiger partial charge in [-0.15, -0.1) is 0 Å². The number of rotatable bonds is 4. The zero-order valence-corrected chi connectivity index (χ0v) is 12.4. The van der Waals surface area contributed by atoms with Crippen molar-refractivity contribution in [1.29, 1.82) is 0 Å². The Morgan fingerprint density at radius 2 is 2.00 bits per heavy atom. The summed E-state index contributed by atoms with van der Waals surface area (Å²) >= 11 is 1.43. The molecule has 5 nitrogen and oxygen atoms in total. The third kappa shape index (κ3) is 5.30. The molecule has 0 aliphatic heterocycles. The van der Waals surface area contributed by atoms with Gasteiger partial charge in [0.2, 0.25) is 0 Å². The number of esters is 1. The molecular weight excluding hydrogens is 266 g/mol. The standard InChI is InChI=1S/C13H19NO4S/c1-13(2,3)18-12(16)14-6-5-9-7-19-8-10(9)11(15)17-4/h7-8H,5-6H2,1-4H3,(H,14,16). The lowest BCUT2D eigenvalue weighted by Gasteiger charge is -2.19. The van der Waals surface area contributed by atoms with Crippen molar-refractivity contribution in [2.24, 2.45) is 0 Å². The van der Waals surface area contributed by atoms with E-state index in [1.54, 1.807) is 26.2 Å². The zero-order valence-electron chi connectivity index (χ0n) is 11.6. The number of nitrogens with one attached hydrogen (secondary N) is 1. The first-order chi connectivity index (χ1) is 8.83. The summed E-state index contributed by atoms with van der Waals surface area (Å²) in [6, 6.07) is 0. The van der Waals surface area contributed by atoms with Crippen molar-refractivity contribution in [3.63, 3.8) is 0 Å². The minimum Gasteiger partial charge on any atom is -0.465 e. The number of alkyl carbamates (subject to hydrolysis) is 1.